The number of hydrogen-bond donors (Lipinski definition) is 2. The molecule has 1 aromatic carbocycles. The summed E-state index contributed by atoms with van der Waals surface area (Å²) in [6, 6.07) is 10.3. The van der Waals surface area contributed by atoms with E-state index in [0.29, 0.717) is 12.0 Å². The zero-order valence-corrected chi connectivity index (χ0v) is 14.8. The van der Waals surface area contributed by atoms with Gasteiger partial charge in [-0.2, -0.15) is 0 Å². The quantitative estimate of drug-likeness (QED) is 0.883. The smallest absolute Gasteiger partial charge is 0.237 e. The van der Waals surface area contributed by atoms with E-state index >= 15 is 0 Å². The highest BCUT2D eigenvalue weighted by atomic mass is 35.5. The summed E-state index contributed by atoms with van der Waals surface area (Å²) in [5.41, 5.74) is 0.869. The van der Waals surface area contributed by atoms with Crippen LogP contribution in [0.25, 0.3) is 11.0 Å². The summed E-state index contributed by atoms with van der Waals surface area (Å²) in [6.45, 7) is 1.98. The molecule has 1 amide bonds. The van der Waals surface area contributed by atoms with Gasteiger partial charge in [-0.1, -0.05) is 31.0 Å². The molecule has 2 aromatic rings. The molecule has 1 saturated carbocycles. The molecule has 1 aromatic heterocycles. The van der Waals surface area contributed by atoms with Gasteiger partial charge >= 0.3 is 0 Å². The molecule has 2 N–H and O–H groups in total. The van der Waals surface area contributed by atoms with Gasteiger partial charge in [-0.3, -0.25) is 4.79 Å². The van der Waals surface area contributed by atoms with Crippen LogP contribution in [0.1, 0.15) is 50.8 Å². The number of nitrogens with one attached hydrogen (secondary N) is 2. The van der Waals surface area contributed by atoms with Crippen LogP contribution in [0, 0.1) is 5.92 Å². The number of rotatable bonds is 3. The number of carbonyl (C=O) groups is 1. The molecule has 2 fully saturated rings. The molecule has 4 nitrogen and oxygen atoms in total. The van der Waals surface area contributed by atoms with Crippen LogP contribution in [0.15, 0.2) is 34.7 Å². The zero-order chi connectivity index (χ0) is 15.8. The first kappa shape index (κ1) is 17.3. The predicted molar refractivity (Wildman–Crippen MR) is 97.3 cm³/mol. The van der Waals surface area contributed by atoms with Crippen molar-refractivity contribution in [3.63, 3.8) is 0 Å². The average Bonchev–Trinajstić information content (AvgIpc) is 3.18. The number of halogens is 1. The molecular weight excluding hydrogens is 324 g/mol. The molecule has 0 spiro atoms. The van der Waals surface area contributed by atoms with Crippen LogP contribution in [-0.4, -0.2) is 18.0 Å². The number of furan rings is 1. The van der Waals surface area contributed by atoms with Gasteiger partial charge in [0.05, 0.1) is 12.1 Å². The second kappa shape index (κ2) is 7.16. The lowest BCUT2D eigenvalue weighted by molar-refractivity contribution is -0.123. The predicted octanol–water partition coefficient (Wildman–Crippen LogP) is 3.95. The van der Waals surface area contributed by atoms with E-state index in [2.05, 4.69) is 10.6 Å². The van der Waals surface area contributed by atoms with Crippen LogP contribution in [0.5, 0.6) is 0 Å². The number of hydrogen-bond acceptors (Lipinski definition) is 3. The normalized spacial score (nSPS) is 27.3. The molecule has 2 aliphatic rings. The molecule has 0 bridgehead atoms. The van der Waals surface area contributed by atoms with Crippen LogP contribution in [0.2, 0.25) is 0 Å². The Morgan fingerprint density at radius 1 is 1.29 bits per heavy atom. The lowest BCUT2D eigenvalue weighted by atomic mass is 9.85. The summed E-state index contributed by atoms with van der Waals surface area (Å²) in [5.74, 6) is 1.60. The maximum Gasteiger partial charge on any atom is 0.237 e. The summed E-state index contributed by atoms with van der Waals surface area (Å²) >= 11 is 0. The van der Waals surface area contributed by atoms with Crippen LogP contribution in [0.4, 0.5) is 0 Å². The van der Waals surface area contributed by atoms with Crippen molar-refractivity contribution in [3.05, 3.63) is 36.1 Å². The number of benzene rings is 1. The van der Waals surface area contributed by atoms with Crippen LogP contribution < -0.4 is 10.6 Å². The fourth-order valence-electron chi connectivity index (χ4n) is 4.12. The van der Waals surface area contributed by atoms with Crippen LogP contribution in [0.3, 0.4) is 0 Å². The minimum absolute atomic E-state index is 0. The molecule has 5 heteroatoms. The van der Waals surface area contributed by atoms with Gasteiger partial charge in [-0.25, -0.2) is 0 Å². The first-order valence-corrected chi connectivity index (χ1v) is 8.75. The van der Waals surface area contributed by atoms with E-state index in [9.17, 15) is 4.79 Å². The summed E-state index contributed by atoms with van der Waals surface area (Å²) in [5, 5.41) is 7.72. The van der Waals surface area contributed by atoms with E-state index in [4.69, 9.17) is 4.42 Å². The largest absolute Gasteiger partial charge is 0.459 e. The number of carbonyl (C=O) groups excluding carboxylic acids is 1. The maximum absolute atomic E-state index is 12.6. The van der Waals surface area contributed by atoms with Gasteiger partial charge in [0.25, 0.3) is 0 Å². The van der Waals surface area contributed by atoms with Gasteiger partial charge < -0.3 is 15.1 Å². The van der Waals surface area contributed by atoms with E-state index in [0.717, 1.165) is 23.2 Å². The van der Waals surface area contributed by atoms with Crippen LogP contribution >= 0.6 is 12.4 Å². The molecule has 2 heterocycles. The first-order valence-electron chi connectivity index (χ1n) is 8.75. The molecule has 4 unspecified atom stereocenters. The van der Waals surface area contributed by atoms with E-state index in [-0.39, 0.29) is 30.4 Å². The Morgan fingerprint density at radius 2 is 2.08 bits per heavy atom. The van der Waals surface area contributed by atoms with E-state index in [1.807, 2.05) is 37.3 Å². The fraction of sp³-hybridized carbons (Fsp3) is 0.526. The lowest BCUT2D eigenvalue weighted by Crippen LogP contribution is -2.43. The van der Waals surface area contributed by atoms with Crippen molar-refractivity contribution < 1.29 is 9.21 Å². The molecule has 1 aliphatic heterocycles. The molecule has 1 aliphatic carbocycles. The van der Waals surface area contributed by atoms with Crippen molar-refractivity contribution in [3.8, 4) is 0 Å². The SMILES string of the molecule is CC(NC(=O)C1CC2CCCCC2N1)c1cc2ccccc2o1.Cl. The van der Waals surface area contributed by atoms with Crippen molar-refractivity contribution in [1.82, 2.24) is 10.6 Å². The Balaban J connectivity index is 0.00000169. The van der Waals surface area contributed by atoms with Gasteiger partial charge in [-0.15, -0.1) is 12.4 Å². The summed E-state index contributed by atoms with van der Waals surface area (Å²) in [6.07, 6.45) is 6.06. The minimum atomic E-state index is -0.112. The molecule has 4 atom stereocenters. The van der Waals surface area contributed by atoms with E-state index < -0.39 is 0 Å². The third-order valence-corrected chi connectivity index (χ3v) is 5.41. The number of amides is 1. The van der Waals surface area contributed by atoms with Gasteiger partial charge in [0.1, 0.15) is 11.3 Å². The van der Waals surface area contributed by atoms with Gasteiger partial charge in [0.2, 0.25) is 5.91 Å². The van der Waals surface area contributed by atoms with Gasteiger partial charge in [-0.05, 0) is 44.2 Å². The topological polar surface area (TPSA) is 54.3 Å². The lowest BCUT2D eigenvalue weighted by Gasteiger charge is -2.24. The standard InChI is InChI=1S/C19H24N2O2.ClH/c1-12(18-11-14-7-3-5-9-17(14)23-18)20-19(22)16-10-13-6-2-4-8-15(13)21-16;/h3,5,7,9,11-13,15-16,21H,2,4,6,8,10H2,1H3,(H,20,22);1H. The number of para-hydroxylation sites is 1. The summed E-state index contributed by atoms with van der Waals surface area (Å²) in [7, 11) is 0. The summed E-state index contributed by atoms with van der Waals surface area (Å²) < 4.78 is 5.85. The number of fused-ring (bicyclic) bond motifs is 2. The maximum atomic E-state index is 12.6. The average molecular weight is 349 g/mol. The Bertz CT molecular complexity index is 667. The first-order chi connectivity index (χ1) is 11.2. The second-order valence-electron chi connectivity index (χ2n) is 7.02. The second-order valence-corrected chi connectivity index (χ2v) is 7.02. The van der Waals surface area contributed by atoms with Crippen molar-refractivity contribution in [2.24, 2.45) is 5.92 Å². The van der Waals surface area contributed by atoms with E-state index in [1.54, 1.807) is 0 Å². The molecule has 130 valence electrons. The van der Waals surface area contributed by atoms with Gasteiger partial charge in [0, 0.05) is 11.4 Å². The van der Waals surface area contributed by atoms with Crippen molar-refractivity contribution in [1.29, 1.82) is 0 Å². The zero-order valence-electron chi connectivity index (χ0n) is 14.0. The third-order valence-electron chi connectivity index (χ3n) is 5.41. The Hall–Kier alpha value is -1.52. The molecule has 1 saturated heterocycles. The highest BCUT2D eigenvalue weighted by molar-refractivity contribution is 5.85. The minimum Gasteiger partial charge on any atom is -0.459 e. The monoisotopic (exact) mass is 348 g/mol. The fourth-order valence-corrected chi connectivity index (χ4v) is 4.12. The molecule has 24 heavy (non-hydrogen) atoms. The van der Waals surface area contributed by atoms with E-state index in [1.165, 1.54) is 25.7 Å². The molecule has 0 radical (unpaired) electrons. The highest BCUT2D eigenvalue weighted by Crippen LogP contribution is 2.33. The Morgan fingerprint density at radius 3 is 2.88 bits per heavy atom. The third kappa shape index (κ3) is 3.31. The van der Waals surface area contributed by atoms with Gasteiger partial charge in [0.15, 0.2) is 0 Å². The Labute approximate surface area is 148 Å². The van der Waals surface area contributed by atoms with Crippen LogP contribution in [-0.2, 0) is 4.79 Å². The Kier molecular flexibility index (Phi) is 5.16. The van der Waals surface area contributed by atoms with Crippen molar-refractivity contribution in [2.45, 2.75) is 57.2 Å². The highest BCUT2D eigenvalue weighted by Gasteiger charge is 2.38. The molecule has 4 rings (SSSR count). The summed E-state index contributed by atoms with van der Waals surface area (Å²) in [4.78, 5) is 12.6. The van der Waals surface area contributed by atoms with Crippen molar-refractivity contribution in [2.75, 3.05) is 0 Å². The van der Waals surface area contributed by atoms with Crippen molar-refractivity contribution >= 4 is 29.3 Å². The molecular formula is C19H25ClN2O2.